The number of carbonyl (C=O) groups is 1. The summed E-state index contributed by atoms with van der Waals surface area (Å²) < 4.78 is 16.4. The lowest BCUT2D eigenvalue weighted by molar-refractivity contribution is 0.0951. The average Bonchev–Trinajstić information content (AvgIpc) is 2.87. The van der Waals surface area contributed by atoms with Gasteiger partial charge < -0.3 is 9.88 Å². The number of hydrogen-bond donors (Lipinski definition) is 1. The molecule has 124 valence electrons. The molecule has 0 saturated carbocycles. The molecule has 2 heterocycles. The maximum Gasteiger partial charge on any atom is 0.267 e. The Balaban J connectivity index is 2.09. The van der Waals surface area contributed by atoms with E-state index in [0.29, 0.717) is 40.5 Å². The zero-order valence-electron chi connectivity index (χ0n) is 13.1. The van der Waals surface area contributed by atoms with Crippen molar-refractivity contribution in [2.24, 2.45) is 0 Å². The van der Waals surface area contributed by atoms with Crippen LogP contribution in [0.2, 0.25) is 5.02 Å². The first kappa shape index (κ1) is 15.7. The Morgan fingerprint density at radius 3 is 2.80 bits per heavy atom. The second kappa shape index (κ2) is 5.91. The number of aromatic nitrogens is 1. The van der Waals surface area contributed by atoms with E-state index in [2.05, 4.69) is 11.4 Å². The molecule has 0 unspecified atom stereocenters. The molecule has 0 fully saturated rings. The molecule has 4 nitrogen and oxygen atoms in total. The van der Waals surface area contributed by atoms with Crippen LogP contribution in [0.15, 0.2) is 36.4 Å². The Labute approximate surface area is 148 Å². The van der Waals surface area contributed by atoms with Crippen LogP contribution in [0.25, 0.3) is 22.0 Å². The van der Waals surface area contributed by atoms with Crippen molar-refractivity contribution < 1.29 is 9.18 Å². The van der Waals surface area contributed by atoms with Crippen LogP contribution >= 0.6 is 11.6 Å². The van der Waals surface area contributed by atoms with Gasteiger partial charge in [0.25, 0.3) is 5.91 Å². The molecule has 3 aromatic rings. The first-order valence-corrected chi connectivity index (χ1v) is 8.27. The number of fused-ring (bicyclic) bond motifs is 3. The van der Waals surface area contributed by atoms with E-state index in [4.69, 9.17) is 11.6 Å². The Bertz CT molecular complexity index is 1060. The van der Waals surface area contributed by atoms with Crippen molar-refractivity contribution in [3.63, 3.8) is 0 Å². The van der Waals surface area contributed by atoms with Crippen LogP contribution in [0.5, 0.6) is 0 Å². The smallest absolute Gasteiger partial charge is 0.267 e. The molecule has 1 amide bonds. The molecule has 6 heteroatoms. The van der Waals surface area contributed by atoms with Crippen molar-refractivity contribution in [2.45, 2.75) is 13.0 Å². The van der Waals surface area contributed by atoms with E-state index in [1.807, 2.05) is 4.57 Å². The van der Waals surface area contributed by atoms with Crippen molar-refractivity contribution in [3.05, 3.63) is 58.5 Å². The van der Waals surface area contributed by atoms with Crippen molar-refractivity contribution in [3.8, 4) is 17.2 Å². The number of amides is 1. The Morgan fingerprint density at radius 2 is 2.04 bits per heavy atom. The average molecular weight is 354 g/mol. The second-order valence-corrected chi connectivity index (χ2v) is 6.42. The number of nitrogens with one attached hydrogen (secondary N) is 1. The predicted octanol–water partition coefficient (Wildman–Crippen LogP) is 4.11. The number of rotatable bonds is 1. The standard InChI is InChI=1S/C19H13ClFN3O/c20-13-2-3-14(16(21)9-13)15-7-11(10-22)6-12-8-17-19(25)23-4-1-5-24(17)18(12)15/h2-3,6-9H,1,4-5H2,(H,23,25). The van der Waals surface area contributed by atoms with Gasteiger partial charge in [-0.2, -0.15) is 5.26 Å². The Hall–Kier alpha value is -2.84. The van der Waals surface area contributed by atoms with Crippen LogP contribution in [0, 0.1) is 17.1 Å². The van der Waals surface area contributed by atoms with Crippen molar-refractivity contribution in [1.82, 2.24) is 9.88 Å². The van der Waals surface area contributed by atoms with Gasteiger partial charge in [-0.1, -0.05) is 11.6 Å². The monoisotopic (exact) mass is 353 g/mol. The summed E-state index contributed by atoms with van der Waals surface area (Å²) in [7, 11) is 0. The lowest BCUT2D eigenvalue weighted by Crippen LogP contribution is -2.22. The zero-order valence-corrected chi connectivity index (χ0v) is 13.9. The zero-order chi connectivity index (χ0) is 17.6. The SMILES string of the molecule is N#Cc1cc(-c2ccc(Cl)cc2F)c2c(c1)cc1n2CCCNC1=O. The van der Waals surface area contributed by atoms with E-state index in [1.165, 1.54) is 6.07 Å². The van der Waals surface area contributed by atoms with Crippen LogP contribution < -0.4 is 5.32 Å². The van der Waals surface area contributed by atoms with Crippen molar-refractivity contribution in [1.29, 1.82) is 5.26 Å². The minimum Gasteiger partial charge on any atom is -0.351 e. The van der Waals surface area contributed by atoms with E-state index < -0.39 is 5.82 Å². The van der Waals surface area contributed by atoms with Gasteiger partial charge in [0, 0.05) is 34.6 Å². The van der Waals surface area contributed by atoms with Gasteiger partial charge in [-0.15, -0.1) is 0 Å². The number of nitriles is 1. The summed E-state index contributed by atoms with van der Waals surface area (Å²) in [5, 5.41) is 13.2. The van der Waals surface area contributed by atoms with E-state index in [9.17, 15) is 14.4 Å². The highest BCUT2D eigenvalue weighted by Gasteiger charge is 2.22. The molecule has 2 aromatic carbocycles. The highest BCUT2D eigenvalue weighted by atomic mass is 35.5. The highest BCUT2D eigenvalue weighted by molar-refractivity contribution is 6.30. The number of aryl methyl sites for hydroxylation is 1. The van der Waals surface area contributed by atoms with E-state index in [1.54, 1.807) is 30.3 Å². The van der Waals surface area contributed by atoms with E-state index >= 15 is 0 Å². The molecule has 1 aliphatic heterocycles. The third-order valence-electron chi connectivity index (χ3n) is 4.42. The maximum atomic E-state index is 14.5. The molecular weight excluding hydrogens is 341 g/mol. The first-order valence-electron chi connectivity index (χ1n) is 7.89. The lowest BCUT2D eigenvalue weighted by atomic mass is 9.99. The normalized spacial score (nSPS) is 13.9. The van der Waals surface area contributed by atoms with Crippen LogP contribution in [-0.2, 0) is 6.54 Å². The number of nitrogens with zero attached hydrogens (tertiary/aromatic N) is 2. The van der Waals surface area contributed by atoms with Crippen LogP contribution in [0.3, 0.4) is 0 Å². The number of benzene rings is 2. The summed E-state index contributed by atoms with van der Waals surface area (Å²) in [6.07, 6.45) is 0.783. The molecule has 4 rings (SSSR count). The van der Waals surface area contributed by atoms with Crippen LogP contribution in [0.4, 0.5) is 4.39 Å². The summed E-state index contributed by atoms with van der Waals surface area (Å²) in [4.78, 5) is 12.3. The van der Waals surface area contributed by atoms with Gasteiger partial charge in [0.1, 0.15) is 11.5 Å². The number of hydrogen-bond acceptors (Lipinski definition) is 2. The molecular formula is C19H13ClFN3O. The van der Waals surface area contributed by atoms with E-state index in [0.717, 1.165) is 17.3 Å². The van der Waals surface area contributed by atoms with Crippen LogP contribution in [-0.4, -0.2) is 17.0 Å². The molecule has 0 atom stereocenters. The third kappa shape index (κ3) is 2.55. The predicted molar refractivity (Wildman–Crippen MR) is 94.0 cm³/mol. The van der Waals surface area contributed by atoms with Crippen LogP contribution in [0.1, 0.15) is 22.5 Å². The number of halogens is 2. The summed E-state index contributed by atoms with van der Waals surface area (Å²) in [5.41, 5.74) is 2.64. The molecule has 1 aromatic heterocycles. The highest BCUT2D eigenvalue weighted by Crippen LogP contribution is 2.35. The molecule has 25 heavy (non-hydrogen) atoms. The molecule has 0 spiro atoms. The summed E-state index contributed by atoms with van der Waals surface area (Å²) in [5.74, 6) is -0.618. The van der Waals surface area contributed by atoms with Gasteiger partial charge in [0.2, 0.25) is 0 Å². The fourth-order valence-electron chi connectivity index (χ4n) is 3.34. The minimum absolute atomic E-state index is 0.158. The van der Waals surface area contributed by atoms with Gasteiger partial charge in [-0.05, 0) is 42.8 Å². The second-order valence-electron chi connectivity index (χ2n) is 5.99. The topological polar surface area (TPSA) is 57.8 Å². The molecule has 0 bridgehead atoms. The third-order valence-corrected chi connectivity index (χ3v) is 4.65. The maximum absolute atomic E-state index is 14.5. The lowest BCUT2D eigenvalue weighted by Gasteiger charge is -2.12. The summed E-state index contributed by atoms with van der Waals surface area (Å²) >= 11 is 5.87. The number of carbonyl (C=O) groups excluding carboxylic acids is 1. The van der Waals surface area contributed by atoms with Crippen molar-refractivity contribution >= 4 is 28.4 Å². The van der Waals surface area contributed by atoms with E-state index in [-0.39, 0.29) is 5.91 Å². The molecule has 1 N–H and O–H groups in total. The fourth-order valence-corrected chi connectivity index (χ4v) is 3.50. The Kier molecular flexibility index (Phi) is 3.70. The van der Waals surface area contributed by atoms with Gasteiger partial charge in [0.05, 0.1) is 17.1 Å². The molecule has 1 aliphatic rings. The summed E-state index contributed by atoms with van der Waals surface area (Å²) in [6.45, 7) is 1.24. The fraction of sp³-hybridized carbons (Fsp3) is 0.158. The van der Waals surface area contributed by atoms with Gasteiger partial charge in [-0.25, -0.2) is 4.39 Å². The minimum atomic E-state index is -0.461. The van der Waals surface area contributed by atoms with Gasteiger partial charge >= 0.3 is 0 Å². The molecule has 0 radical (unpaired) electrons. The molecule has 0 aliphatic carbocycles. The van der Waals surface area contributed by atoms with Gasteiger partial charge in [0.15, 0.2) is 0 Å². The Morgan fingerprint density at radius 1 is 1.20 bits per heavy atom. The van der Waals surface area contributed by atoms with Crippen molar-refractivity contribution in [2.75, 3.05) is 6.54 Å². The summed E-state index contributed by atoms with van der Waals surface area (Å²) in [6, 6.07) is 11.7. The quantitative estimate of drug-likeness (QED) is 0.715. The van der Waals surface area contributed by atoms with Gasteiger partial charge in [-0.3, -0.25) is 4.79 Å². The largest absolute Gasteiger partial charge is 0.351 e. The molecule has 0 saturated heterocycles. The first-order chi connectivity index (χ1) is 12.1.